The van der Waals surface area contributed by atoms with Gasteiger partial charge in [-0.25, -0.2) is 0 Å². The molecular weight excluding hydrogens is 250 g/mol. The Labute approximate surface area is 123 Å². The standard InChI is InChI=1S/C17H29NO2/c1-6-19-11-8-12-20-16-14(2)9-7-10-15(16)13-18-17(3,4)5/h7,9-10,18H,6,8,11-13H2,1-5H3. The van der Waals surface area contributed by atoms with E-state index in [2.05, 4.69) is 51.2 Å². The predicted octanol–water partition coefficient (Wildman–Crippen LogP) is 3.69. The fourth-order valence-corrected chi connectivity index (χ4v) is 1.90. The normalized spacial score (nSPS) is 11.7. The molecule has 0 aromatic heterocycles. The molecule has 3 heteroatoms. The zero-order valence-corrected chi connectivity index (χ0v) is 13.6. The second kappa shape index (κ2) is 8.28. The number of rotatable bonds is 8. The van der Waals surface area contributed by atoms with E-state index in [1.165, 1.54) is 11.1 Å². The molecule has 114 valence electrons. The lowest BCUT2D eigenvalue weighted by atomic mass is 10.1. The molecule has 0 aliphatic heterocycles. The number of nitrogens with one attached hydrogen (secondary N) is 1. The molecule has 1 aromatic carbocycles. The molecule has 0 saturated carbocycles. The number of hydrogen-bond acceptors (Lipinski definition) is 3. The van der Waals surface area contributed by atoms with Gasteiger partial charge in [-0.2, -0.15) is 0 Å². The molecular formula is C17H29NO2. The molecule has 0 saturated heterocycles. The highest BCUT2D eigenvalue weighted by Crippen LogP contribution is 2.24. The van der Waals surface area contributed by atoms with Crippen molar-refractivity contribution >= 4 is 0 Å². The van der Waals surface area contributed by atoms with Crippen LogP contribution in [0, 0.1) is 6.92 Å². The van der Waals surface area contributed by atoms with Crippen molar-refractivity contribution in [2.45, 2.75) is 53.1 Å². The molecule has 1 aromatic rings. The van der Waals surface area contributed by atoms with Crippen molar-refractivity contribution in [3.63, 3.8) is 0 Å². The molecule has 3 nitrogen and oxygen atoms in total. The van der Waals surface area contributed by atoms with Crippen molar-refractivity contribution in [2.75, 3.05) is 19.8 Å². The summed E-state index contributed by atoms with van der Waals surface area (Å²) in [5.41, 5.74) is 2.52. The van der Waals surface area contributed by atoms with E-state index in [4.69, 9.17) is 9.47 Å². The Kier molecular flexibility index (Phi) is 7.03. The Morgan fingerprint density at radius 2 is 1.90 bits per heavy atom. The van der Waals surface area contributed by atoms with Crippen molar-refractivity contribution in [1.82, 2.24) is 5.32 Å². The van der Waals surface area contributed by atoms with Crippen molar-refractivity contribution in [1.29, 1.82) is 0 Å². The molecule has 0 radical (unpaired) electrons. The van der Waals surface area contributed by atoms with Crippen LogP contribution in [-0.2, 0) is 11.3 Å². The summed E-state index contributed by atoms with van der Waals surface area (Å²) >= 11 is 0. The fourth-order valence-electron chi connectivity index (χ4n) is 1.90. The van der Waals surface area contributed by atoms with Gasteiger partial charge in [-0.1, -0.05) is 18.2 Å². The molecule has 0 aliphatic carbocycles. The van der Waals surface area contributed by atoms with E-state index >= 15 is 0 Å². The smallest absolute Gasteiger partial charge is 0.126 e. The van der Waals surface area contributed by atoms with Crippen LogP contribution in [0.4, 0.5) is 0 Å². The number of hydrogen-bond donors (Lipinski definition) is 1. The van der Waals surface area contributed by atoms with Gasteiger partial charge in [0.25, 0.3) is 0 Å². The molecule has 0 aliphatic rings. The van der Waals surface area contributed by atoms with Gasteiger partial charge in [0.05, 0.1) is 6.61 Å². The highest BCUT2D eigenvalue weighted by Gasteiger charge is 2.12. The molecule has 0 bridgehead atoms. The van der Waals surface area contributed by atoms with Gasteiger partial charge in [0.15, 0.2) is 0 Å². The zero-order chi connectivity index (χ0) is 15.0. The molecule has 0 amide bonds. The molecule has 0 unspecified atom stereocenters. The van der Waals surface area contributed by atoms with Crippen LogP contribution in [0.1, 0.15) is 45.2 Å². The Bertz CT molecular complexity index is 396. The fraction of sp³-hybridized carbons (Fsp3) is 0.647. The van der Waals surface area contributed by atoms with E-state index in [0.717, 1.165) is 31.9 Å². The third kappa shape index (κ3) is 6.40. The summed E-state index contributed by atoms with van der Waals surface area (Å²) in [6.45, 7) is 13.7. The molecule has 0 heterocycles. The summed E-state index contributed by atoms with van der Waals surface area (Å²) in [5, 5.41) is 3.51. The lowest BCUT2D eigenvalue weighted by Crippen LogP contribution is -2.35. The van der Waals surface area contributed by atoms with Crippen molar-refractivity contribution in [3.05, 3.63) is 29.3 Å². The van der Waals surface area contributed by atoms with Crippen LogP contribution < -0.4 is 10.1 Å². The van der Waals surface area contributed by atoms with Crippen LogP contribution in [0.3, 0.4) is 0 Å². The van der Waals surface area contributed by atoms with Gasteiger partial charge in [-0.15, -0.1) is 0 Å². The maximum Gasteiger partial charge on any atom is 0.126 e. The van der Waals surface area contributed by atoms with Crippen LogP contribution in [0.15, 0.2) is 18.2 Å². The van der Waals surface area contributed by atoms with E-state index in [-0.39, 0.29) is 5.54 Å². The minimum Gasteiger partial charge on any atom is -0.493 e. The predicted molar refractivity (Wildman–Crippen MR) is 84.4 cm³/mol. The van der Waals surface area contributed by atoms with Crippen LogP contribution in [-0.4, -0.2) is 25.4 Å². The summed E-state index contributed by atoms with van der Waals surface area (Å²) < 4.78 is 11.3. The van der Waals surface area contributed by atoms with Crippen molar-refractivity contribution in [2.24, 2.45) is 0 Å². The number of para-hydroxylation sites is 1. The maximum atomic E-state index is 5.96. The van der Waals surface area contributed by atoms with Crippen LogP contribution in [0.2, 0.25) is 0 Å². The van der Waals surface area contributed by atoms with Gasteiger partial charge in [-0.3, -0.25) is 0 Å². The van der Waals surface area contributed by atoms with Crippen LogP contribution in [0.25, 0.3) is 0 Å². The second-order valence-corrected chi connectivity index (χ2v) is 6.07. The second-order valence-electron chi connectivity index (χ2n) is 6.07. The maximum absolute atomic E-state index is 5.96. The summed E-state index contributed by atoms with van der Waals surface area (Å²) in [7, 11) is 0. The first-order valence-electron chi connectivity index (χ1n) is 7.48. The quantitative estimate of drug-likeness (QED) is 0.736. The van der Waals surface area contributed by atoms with Gasteiger partial charge in [0.2, 0.25) is 0 Å². The summed E-state index contributed by atoms with van der Waals surface area (Å²) in [4.78, 5) is 0. The average molecular weight is 279 g/mol. The average Bonchev–Trinajstić information content (AvgIpc) is 2.37. The third-order valence-corrected chi connectivity index (χ3v) is 2.99. The summed E-state index contributed by atoms with van der Waals surface area (Å²) in [6.07, 6.45) is 0.925. The Balaban J connectivity index is 2.59. The van der Waals surface area contributed by atoms with Gasteiger partial charge in [-0.05, 0) is 40.2 Å². The summed E-state index contributed by atoms with van der Waals surface area (Å²) in [6, 6.07) is 6.31. The lowest BCUT2D eigenvalue weighted by molar-refractivity contribution is 0.130. The van der Waals surface area contributed by atoms with Gasteiger partial charge in [0, 0.05) is 37.3 Å². The van der Waals surface area contributed by atoms with Gasteiger partial charge < -0.3 is 14.8 Å². The van der Waals surface area contributed by atoms with E-state index in [1.807, 2.05) is 6.92 Å². The van der Waals surface area contributed by atoms with E-state index in [0.29, 0.717) is 6.61 Å². The minimum absolute atomic E-state index is 0.107. The first-order chi connectivity index (χ1) is 9.44. The Hall–Kier alpha value is -1.06. The van der Waals surface area contributed by atoms with Gasteiger partial charge in [0.1, 0.15) is 5.75 Å². The Morgan fingerprint density at radius 1 is 1.15 bits per heavy atom. The highest BCUT2D eigenvalue weighted by atomic mass is 16.5. The number of aryl methyl sites for hydroxylation is 1. The zero-order valence-electron chi connectivity index (χ0n) is 13.6. The SMILES string of the molecule is CCOCCCOc1c(C)cccc1CNC(C)(C)C. The largest absolute Gasteiger partial charge is 0.493 e. The van der Waals surface area contributed by atoms with E-state index < -0.39 is 0 Å². The van der Waals surface area contributed by atoms with Crippen molar-refractivity contribution in [3.8, 4) is 5.75 Å². The molecule has 0 spiro atoms. The summed E-state index contributed by atoms with van der Waals surface area (Å²) in [5.74, 6) is 1.01. The van der Waals surface area contributed by atoms with Crippen LogP contribution >= 0.6 is 0 Å². The van der Waals surface area contributed by atoms with Crippen molar-refractivity contribution < 1.29 is 9.47 Å². The number of benzene rings is 1. The first kappa shape index (κ1) is 17.0. The molecule has 20 heavy (non-hydrogen) atoms. The minimum atomic E-state index is 0.107. The Morgan fingerprint density at radius 3 is 2.55 bits per heavy atom. The topological polar surface area (TPSA) is 30.5 Å². The number of ether oxygens (including phenoxy) is 2. The molecule has 1 rings (SSSR count). The monoisotopic (exact) mass is 279 g/mol. The molecule has 0 fully saturated rings. The molecule has 1 N–H and O–H groups in total. The van der Waals surface area contributed by atoms with Crippen LogP contribution in [0.5, 0.6) is 5.75 Å². The highest BCUT2D eigenvalue weighted by molar-refractivity contribution is 5.40. The van der Waals surface area contributed by atoms with Gasteiger partial charge >= 0.3 is 0 Å². The van der Waals surface area contributed by atoms with E-state index in [1.54, 1.807) is 0 Å². The lowest BCUT2D eigenvalue weighted by Gasteiger charge is -2.22. The third-order valence-electron chi connectivity index (χ3n) is 2.99. The van der Waals surface area contributed by atoms with E-state index in [9.17, 15) is 0 Å². The first-order valence-corrected chi connectivity index (χ1v) is 7.48. The molecule has 0 atom stereocenters.